The van der Waals surface area contributed by atoms with Gasteiger partial charge in [0, 0.05) is 36.9 Å². The number of aliphatic carboxylic acids is 2. The zero-order valence-corrected chi connectivity index (χ0v) is 24.7. The number of carbonyl (C=O) groups is 2. The molecule has 250 valence electrons. The molecule has 1 fully saturated rings. The summed E-state index contributed by atoms with van der Waals surface area (Å²) >= 11 is 0. The molecule has 0 amide bonds. The zero-order valence-electron chi connectivity index (χ0n) is 24.7. The van der Waals surface area contributed by atoms with E-state index in [1.165, 1.54) is 26.0 Å². The van der Waals surface area contributed by atoms with E-state index in [1.54, 1.807) is 15.5 Å². The lowest BCUT2D eigenvalue weighted by Crippen LogP contribution is -2.63. The Labute approximate surface area is 264 Å². The molecule has 1 aliphatic rings. The number of carboxylic acids is 2. The number of ether oxygens (including phenoxy) is 1. The van der Waals surface area contributed by atoms with Gasteiger partial charge in [-0.3, -0.25) is 4.98 Å². The van der Waals surface area contributed by atoms with Crippen LogP contribution in [0, 0.1) is 11.6 Å². The molecule has 4 heterocycles. The second-order valence-electron chi connectivity index (χ2n) is 10.5. The van der Waals surface area contributed by atoms with E-state index in [-0.39, 0.29) is 42.3 Å². The summed E-state index contributed by atoms with van der Waals surface area (Å²) in [6, 6.07) is 3.50. The van der Waals surface area contributed by atoms with E-state index in [1.807, 2.05) is 0 Å². The number of imidazole rings is 1. The van der Waals surface area contributed by atoms with Crippen LogP contribution in [0.5, 0.6) is 5.75 Å². The SMILES string of the molecule is COc1cc(F)c(-c2cc(Cn3cnc4c(N)ncnc43)c(N3CCC[C@](N)([C@H](O)C(F)F)C3)cn2)cc1F.O=C(O)/C=C/C(=O)O. The Morgan fingerprint density at radius 1 is 1.09 bits per heavy atom. The highest BCUT2D eigenvalue weighted by molar-refractivity contribution is 5.89. The second-order valence-corrected chi connectivity index (χ2v) is 10.5. The molecule has 0 spiro atoms. The molecule has 2 atom stereocenters. The summed E-state index contributed by atoms with van der Waals surface area (Å²) in [5, 5.41) is 25.8. The van der Waals surface area contributed by atoms with Crippen molar-refractivity contribution in [1.82, 2.24) is 24.5 Å². The average Bonchev–Trinajstić information content (AvgIpc) is 3.44. The number of piperidine rings is 1. The molecule has 3 aromatic heterocycles. The molecule has 4 aromatic rings. The van der Waals surface area contributed by atoms with Gasteiger partial charge in [-0.15, -0.1) is 0 Å². The lowest BCUT2D eigenvalue weighted by Gasteiger charge is -2.44. The van der Waals surface area contributed by atoms with Crippen LogP contribution in [-0.2, 0) is 16.1 Å². The quantitative estimate of drug-likeness (QED) is 0.129. The van der Waals surface area contributed by atoms with Gasteiger partial charge in [-0.25, -0.2) is 42.1 Å². The Hall–Kier alpha value is -5.36. The maximum Gasteiger partial charge on any atom is 0.328 e. The number of halogens is 4. The first-order valence-corrected chi connectivity index (χ1v) is 13.8. The van der Waals surface area contributed by atoms with E-state index in [9.17, 15) is 32.3 Å². The fourth-order valence-corrected chi connectivity index (χ4v) is 5.08. The molecule has 5 rings (SSSR count). The van der Waals surface area contributed by atoms with Crippen LogP contribution in [-0.4, -0.2) is 90.0 Å². The molecule has 7 N–H and O–H groups in total. The van der Waals surface area contributed by atoms with E-state index < -0.39 is 41.6 Å². The van der Waals surface area contributed by atoms with Crippen LogP contribution in [0.25, 0.3) is 22.4 Å². The van der Waals surface area contributed by atoms with E-state index >= 15 is 0 Å². The molecule has 0 saturated carbocycles. The standard InChI is InChI=1S/C25H26F4N8O2.C4H4O4/c1-39-19-7-15(26)14(6-16(19)27)17-5-13(9-37-12-35-20-23(30)33-11-34-24(20)37)18(8-32-17)36-4-2-3-25(31,10-36)21(38)22(28)29;5-3(6)1-2-4(7)8/h5-8,11-12,21-22,38H,2-4,9-10,31H2,1H3,(H2,30,33,34);1-2H,(H,5,6)(H,7,8)/b;2-1+/t21-,25-;/m1./s1. The van der Waals surface area contributed by atoms with Gasteiger partial charge in [-0.2, -0.15) is 0 Å². The lowest BCUT2D eigenvalue weighted by molar-refractivity contribution is -0.134. The number of anilines is 2. The van der Waals surface area contributed by atoms with Crippen molar-refractivity contribution in [1.29, 1.82) is 0 Å². The Kier molecular flexibility index (Phi) is 10.6. The average molecular weight is 663 g/mol. The van der Waals surface area contributed by atoms with E-state index in [4.69, 9.17) is 26.4 Å². The first kappa shape index (κ1) is 34.5. The molecule has 0 aliphatic carbocycles. The van der Waals surface area contributed by atoms with Gasteiger partial charge in [0.25, 0.3) is 6.43 Å². The van der Waals surface area contributed by atoms with E-state index in [0.29, 0.717) is 47.5 Å². The zero-order chi connectivity index (χ0) is 34.5. The highest BCUT2D eigenvalue weighted by Gasteiger charge is 2.43. The largest absolute Gasteiger partial charge is 0.494 e. The minimum absolute atomic E-state index is 0.0716. The first-order chi connectivity index (χ1) is 22.2. The molecule has 1 aromatic carbocycles. The maximum absolute atomic E-state index is 14.9. The number of carboxylic acid groups (broad SMARTS) is 2. The number of benzene rings is 1. The molecular formula is C29H30F4N8O6. The van der Waals surface area contributed by atoms with Crippen molar-refractivity contribution in [3.05, 3.63) is 66.4 Å². The van der Waals surface area contributed by atoms with Crippen molar-refractivity contribution in [3.63, 3.8) is 0 Å². The van der Waals surface area contributed by atoms with Crippen molar-refractivity contribution in [2.75, 3.05) is 30.8 Å². The molecule has 14 nitrogen and oxygen atoms in total. The van der Waals surface area contributed by atoms with E-state index in [2.05, 4.69) is 19.9 Å². The molecule has 1 aliphatic heterocycles. The van der Waals surface area contributed by atoms with Crippen molar-refractivity contribution in [3.8, 4) is 17.0 Å². The number of fused-ring (bicyclic) bond motifs is 1. The summed E-state index contributed by atoms with van der Waals surface area (Å²) < 4.78 is 62.7. The fourth-order valence-electron chi connectivity index (χ4n) is 5.08. The van der Waals surface area contributed by atoms with Gasteiger partial charge < -0.3 is 41.0 Å². The number of aliphatic hydroxyl groups is 1. The molecule has 1 saturated heterocycles. The van der Waals surface area contributed by atoms with Gasteiger partial charge >= 0.3 is 11.9 Å². The molecule has 0 radical (unpaired) electrons. The minimum Gasteiger partial charge on any atom is -0.494 e. The smallest absolute Gasteiger partial charge is 0.328 e. The van der Waals surface area contributed by atoms with Gasteiger partial charge in [0.05, 0.1) is 43.1 Å². The lowest BCUT2D eigenvalue weighted by atomic mass is 9.84. The van der Waals surface area contributed by atoms with Crippen molar-refractivity contribution >= 4 is 34.6 Å². The Morgan fingerprint density at radius 2 is 1.79 bits per heavy atom. The number of aliphatic hydroxyl groups excluding tert-OH is 1. The van der Waals surface area contributed by atoms with E-state index in [0.717, 1.165) is 12.1 Å². The number of alkyl halides is 2. The van der Waals surface area contributed by atoms with Crippen molar-refractivity contribution < 1.29 is 47.2 Å². The third kappa shape index (κ3) is 7.90. The third-order valence-electron chi connectivity index (χ3n) is 7.35. The van der Waals surface area contributed by atoms with Crippen LogP contribution in [0.3, 0.4) is 0 Å². The number of rotatable bonds is 9. The maximum atomic E-state index is 14.9. The molecule has 47 heavy (non-hydrogen) atoms. The van der Waals surface area contributed by atoms with Crippen LogP contribution >= 0.6 is 0 Å². The number of nitrogens with two attached hydrogens (primary N) is 2. The number of hydrogen-bond acceptors (Lipinski definition) is 11. The fraction of sp³-hybridized carbons (Fsp3) is 0.310. The van der Waals surface area contributed by atoms with Gasteiger partial charge in [0.1, 0.15) is 23.8 Å². The summed E-state index contributed by atoms with van der Waals surface area (Å²) in [4.78, 5) is 37.7. The topological polar surface area (TPSA) is 216 Å². The third-order valence-corrected chi connectivity index (χ3v) is 7.35. The summed E-state index contributed by atoms with van der Waals surface area (Å²) in [5.41, 5.74) is 12.6. The summed E-state index contributed by atoms with van der Waals surface area (Å²) in [6.07, 6.45) is 0.988. The number of methoxy groups -OCH3 is 1. The summed E-state index contributed by atoms with van der Waals surface area (Å²) in [6.45, 7) is 0.523. The van der Waals surface area contributed by atoms with Crippen LogP contribution in [0.15, 0.2) is 49.2 Å². The highest BCUT2D eigenvalue weighted by Crippen LogP contribution is 2.34. The van der Waals surface area contributed by atoms with Crippen molar-refractivity contribution in [2.24, 2.45) is 5.73 Å². The predicted octanol–water partition coefficient (Wildman–Crippen LogP) is 2.44. The Morgan fingerprint density at radius 3 is 2.43 bits per heavy atom. The van der Waals surface area contributed by atoms with Crippen LogP contribution < -0.4 is 21.1 Å². The molecule has 0 bridgehead atoms. The molecular weight excluding hydrogens is 632 g/mol. The van der Waals surface area contributed by atoms with Gasteiger partial charge in [0.2, 0.25) is 0 Å². The highest BCUT2D eigenvalue weighted by atomic mass is 19.3. The van der Waals surface area contributed by atoms with Crippen LogP contribution in [0.2, 0.25) is 0 Å². The van der Waals surface area contributed by atoms with Gasteiger partial charge in [-0.1, -0.05) is 0 Å². The van der Waals surface area contributed by atoms with Crippen molar-refractivity contribution in [2.45, 2.75) is 37.5 Å². The monoisotopic (exact) mass is 662 g/mol. The molecule has 18 heteroatoms. The normalized spacial score (nSPS) is 17.1. The number of pyridine rings is 1. The predicted molar refractivity (Wildman–Crippen MR) is 160 cm³/mol. The second kappa shape index (κ2) is 14.4. The number of nitrogen functional groups attached to an aromatic ring is 1. The Balaban J connectivity index is 0.000000555. The van der Waals surface area contributed by atoms with Crippen LogP contribution in [0.1, 0.15) is 18.4 Å². The number of hydrogen-bond donors (Lipinski definition) is 5. The Bertz CT molecular complexity index is 1790. The van der Waals surface area contributed by atoms with Gasteiger partial charge in [-0.05, 0) is 30.5 Å². The minimum atomic E-state index is -3.01. The molecule has 0 unspecified atom stereocenters. The summed E-state index contributed by atoms with van der Waals surface area (Å²) in [7, 11) is 1.23. The van der Waals surface area contributed by atoms with Gasteiger partial charge in [0.15, 0.2) is 23.0 Å². The number of aromatic nitrogens is 5. The summed E-state index contributed by atoms with van der Waals surface area (Å²) in [5.74, 6) is -4.08. The first-order valence-electron chi connectivity index (χ1n) is 13.8. The van der Waals surface area contributed by atoms with Crippen LogP contribution in [0.4, 0.5) is 29.1 Å². The number of nitrogens with zero attached hydrogens (tertiary/aromatic N) is 6.